The fourth-order valence-corrected chi connectivity index (χ4v) is 3.64. The summed E-state index contributed by atoms with van der Waals surface area (Å²) in [6, 6.07) is 9.79. The molecule has 2 aromatic carbocycles. The van der Waals surface area contributed by atoms with Crippen LogP contribution in [0.4, 0.5) is 18.9 Å². The first-order chi connectivity index (χ1) is 11.5. The Bertz CT molecular complexity index is 906. The molecule has 1 atom stereocenters. The highest BCUT2D eigenvalue weighted by molar-refractivity contribution is 6.09. The highest BCUT2D eigenvalue weighted by atomic mass is 19.4. The smallest absolute Gasteiger partial charge is 0.430 e. The Balaban J connectivity index is 1.81. The molecule has 0 saturated heterocycles. The number of aliphatic imine (C=N–C) groups is 1. The number of hydrogen-bond acceptors (Lipinski definition) is 4. The standard InChI is InChI=1S/C17H10F3NO3/c18-17(19,20)15-16(9-3-1-2-4-11(9)21-15)7-22-12-6-14-13(5-10(12)16)23-8-24-14/h1-6H,7-8H2. The maximum absolute atomic E-state index is 13.7. The number of nitrogens with zero attached hydrogens (tertiary/aromatic N) is 1. The van der Waals surface area contributed by atoms with Gasteiger partial charge in [0.05, 0.1) is 5.69 Å². The Labute approximate surface area is 134 Å². The number of rotatable bonds is 0. The van der Waals surface area contributed by atoms with Crippen molar-refractivity contribution < 1.29 is 27.4 Å². The first-order valence-corrected chi connectivity index (χ1v) is 7.33. The van der Waals surface area contributed by atoms with E-state index < -0.39 is 17.3 Å². The van der Waals surface area contributed by atoms with Crippen molar-refractivity contribution in [2.24, 2.45) is 4.99 Å². The van der Waals surface area contributed by atoms with Gasteiger partial charge >= 0.3 is 6.18 Å². The molecule has 2 aromatic rings. The summed E-state index contributed by atoms with van der Waals surface area (Å²) in [6.07, 6.45) is -4.57. The van der Waals surface area contributed by atoms with Crippen molar-refractivity contribution in [2.75, 3.05) is 13.4 Å². The summed E-state index contributed by atoms with van der Waals surface area (Å²) in [4.78, 5) is 3.89. The third kappa shape index (κ3) is 1.56. The monoisotopic (exact) mass is 333 g/mol. The van der Waals surface area contributed by atoms with Gasteiger partial charge in [0.25, 0.3) is 0 Å². The third-order valence-corrected chi connectivity index (χ3v) is 4.65. The molecular formula is C17H10F3NO3. The normalized spacial score (nSPS) is 23.0. The second kappa shape index (κ2) is 4.23. The van der Waals surface area contributed by atoms with Gasteiger partial charge in [-0.1, -0.05) is 18.2 Å². The molecule has 4 nitrogen and oxygen atoms in total. The zero-order valence-corrected chi connectivity index (χ0v) is 12.2. The van der Waals surface area contributed by atoms with Crippen LogP contribution in [-0.2, 0) is 5.41 Å². The highest BCUT2D eigenvalue weighted by Gasteiger charge is 2.60. The molecule has 0 fully saturated rings. The number of ether oxygens (including phenoxy) is 3. The van der Waals surface area contributed by atoms with E-state index in [0.29, 0.717) is 34.1 Å². The van der Waals surface area contributed by atoms with Crippen molar-refractivity contribution in [1.82, 2.24) is 0 Å². The number of para-hydroxylation sites is 1. The molecule has 1 unspecified atom stereocenters. The maximum Gasteiger partial charge on any atom is 0.430 e. The van der Waals surface area contributed by atoms with E-state index in [9.17, 15) is 13.2 Å². The number of halogens is 3. The van der Waals surface area contributed by atoms with Crippen LogP contribution in [0.5, 0.6) is 17.2 Å². The number of hydrogen-bond donors (Lipinski definition) is 0. The van der Waals surface area contributed by atoms with Gasteiger partial charge in [0, 0.05) is 11.6 Å². The van der Waals surface area contributed by atoms with Crippen molar-refractivity contribution >= 4 is 11.4 Å². The summed E-state index contributed by atoms with van der Waals surface area (Å²) in [7, 11) is 0. The van der Waals surface area contributed by atoms with Crippen molar-refractivity contribution in [3.8, 4) is 17.2 Å². The minimum absolute atomic E-state index is 0.0437. The van der Waals surface area contributed by atoms with Crippen molar-refractivity contribution in [3.05, 3.63) is 47.5 Å². The molecule has 3 aliphatic heterocycles. The lowest BCUT2D eigenvalue weighted by molar-refractivity contribution is -0.0630. The molecule has 0 aliphatic carbocycles. The molecule has 0 bridgehead atoms. The van der Waals surface area contributed by atoms with Gasteiger partial charge < -0.3 is 14.2 Å². The van der Waals surface area contributed by atoms with Gasteiger partial charge in [-0.15, -0.1) is 0 Å². The zero-order valence-electron chi connectivity index (χ0n) is 12.2. The maximum atomic E-state index is 13.7. The van der Waals surface area contributed by atoms with Crippen LogP contribution in [0, 0.1) is 0 Å². The van der Waals surface area contributed by atoms with Crippen LogP contribution >= 0.6 is 0 Å². The van der Waals surface area contributed by atoms with E-state index in [1.807, 2.05) is 0 Å². The van der Waals surface area contributed by atoms with Gasteiger partial charge in [-0.3, -0.25) is 0 Å². The highest BCUT2D eigenvalue weighted by Crippen LogP contribution is 2.56. The molecule has 0 aromatic heterocycles. The Hall–Kier alpha value is -2.70. The lowest BCUT2D eigenvalue weighted by Gasteiger charge is -2.27. The summed E-state index contributed by atoms with van der Waals surface area (Å²) in [5, 5.41) is 0. The molecule has 7 heteroatoms. The molecule has 0 saturated carbocycles. The van der Waals surface area contributed by atoms with Crippen LogP contribution in [0.3, 0.4) is 0 Å². The fraction of sp³-hybridized carbons (Fsp3) is 0.235. The Kier molecular flexibility index (Phi) is 2.41. The largest absolute Gasteiger partial charge is 0.491 e. The van der Waals surface area contributed by atoms with E-state index in [1.165, 1.54) is 0 Å². The van der Waals surface area contributed by atoms with Gasteiger partial charge in [0.2, 0.25) is 6.79 Å². The predicted molar refractivity (Wildman–Crippen MR) is 78.4 cm³/mol. The van der Waals surface area contributed by atoms with E-state index in [1.54, 1.807) is 36.4 Å². The van der Waals surface area contributed by atoms with Gasteiger partial charge in [-0.05, 0) is 17.7 Å². The lowest BCUT2D eigenvalue weighted by atomic mass is 9.73. The van der Waals surface area contributed by atoms with Crippen molar-refractivity contribution in [1.29, 1.82) is 0 Å². The Morgan fingerprint density at radius 3 is 2.46 bits per heavy atom. The number of fused-ring (bicyclic) bond motifs is 5. The molecule has 24 heavy (non-hydrogen) atoms. The summed E-state index contributed by atoms with van der Waals surface area (Å²) < 4.78 is 57.5. The van der Waals surface area contributed by atoms with Crippen LogP contribution in [0.15, 0.2) is 41.4 Å². The second-order valence-corrected chi connectivity index (χ2v) is 5.87. The van der Waals surface area contributed by atoms with Gasteiger partial charge in [-0.2, -0.15) is 13.2 Å². The third-order valence-electron chi connectivity index (χ3n) is 4.65. The molecule has 3 heterocycles. The lowest BCUT2D eigenvalue weighted by Crippen LogP contribution is -2.44. The van der Waals surface area contributed by atoms with Crippen LogP contribution in [0.2, 0.25) is 0 Å². The molecule has 0 amide bonds. The van der Waals surface area contributed by atoms with E-state index in [-0.39, 0.29) is 13.4 Å². The fourth-order valence-electron chi connectivity index (χ4n) is 3.64. The van der Waals surface area contributed by atoms with E-state index >= 15 is 0 Å². The van der Waals surface area contributed by atoms with Crippen molar-refractivity contribution in [2.45, 2.75) is 11.6 Å². The Morgan fingerprint density at radius 1 is 0.917 bits per heavy atom. The first kappa shape index (κ1) is 13.7. The van der Waals surface area contributed by atoms with Crippen LogP contribution in [0.1, 0.15) is 11.1 Å². The summed E-state index contributed by atoms with van der Waals surface area (Å²) in [5.74, 6) is 1.26. The van der Waals surface area contributed by atoms with E-state index in [2.05, 4.69) is 4.99 Å². The average Bonchev–Trinajstić information content (AvgIpc) is 3.23. The molecule has 0 N–H and O–H groups in total. The van der Waals surface area contributed by atoms with Crippen LogP contribution in [-0.4, -0.2) is 25.3 Å². The quantitative estimate of drug-likeness (QED) is 0.737. The predicted octanol–water partition coefficient (Wildman–Crippen LogP) is 3.74. The first-order valence-electron chi connectivity index (χ1n) is 7.33. The van der Waals surface area contributed by atoms with Crippen LogP contribution in [0.25, 0.3) is 0 Å². The summed E-state index contributed by atoms with van der Waals surface area (Å²) in [5.41, 5.74) is -1.10. The molecule has 0 radical (unpaired) electrons. The minimum atomic E-state index is -4.57. The van der Waals surface area contributed by atoms with Gasteiger partial charge in [-0.25, -0.2) is 4.99 Å². The molecule has 3 aliphatic rings. The Morgan fingerprint density at radius 2 is 1.67 bits per heavy atom. The minimum Gasteiger partial charge on any atom is -0.491 e. The van der Waals surface area contributed by atoms with E-state index in [0.717, 1.165) is 0 Å². The SMILES string of the molecule is FC(F)(F)C1=Nc2ccccc2C12COc1cc3c(cc12)OCO3. The number of alkyl halides is 3. The second-order valence-electron chi connectivity index (χ2n) is 5.87. The molecule has 1 spiro atoms. The molecule has 5 rings (SSSR count). The van der Waals surface area contributed by atoms with E-state index in [4.69, 9.17) is 14.2 Å². The van der Waals surface area contributed by atoms with Crippen molar-refractivity contribution in [3.63, 3.8) is 0 Å². The van der Waals surface area contributed by atoms with Gasteiger partial charge in [0.1, 0.15) is 23.5 Å². The average molecular weight is 333 g/mol. The van der Waals surface area contributed by atoms with Crippen LogP contribution < -0.4 is 14.2 Å². The number of benzene rings is 2. The summed E-state index contributed by atoms with van der Waals surface area (Å²) in [6.45, 7) is -0.109. The topological polar surface area (TPSA) is 40.0 Å². The molecular weight excluding hydrogens is 323 g/mol. The summed E-state index contributed by atoms with van der Waals surface area (Å²) >= 11 is 0. The van der Waals surface area contributed by atoms with Gasteiger partial charge in [0.15, 0.2) is 11.5 Å². The zero-order chi connectivity index (χ0) is 16.5. The molecule has 122 valence electrons.